The van der Waals surface area contributed by atoms with Gasteiger partial charge in [-0.25, -0.2) is 15.0 Å². The second kappa shape index (κ2) is 7.06. The molecule has 0 bridgehead atoms. The largest absolute Gasteiger partial charge is 0.301 e. The van der Waals surface area contributed by atoms with Crippen molar-refractivity contribution in [1.82, 2.24) is 34.7 Å². The molecule has 7 nitrogen and oxygen atoms in total. The maximum absolute atomic E-state index is 4.49. The van der Waals surface area contributed by atoms with Crippen molar-refractivity contribution in [3.05, 3.63) is 30.7 Å². The van der Waals surface area contributed by atoms with E-state index in [2.05, 4.69) is 37.1 Å². The van der Waals surface area contributed by atoms with Gasteiger partial charge in [0.2, 0.25) is 0 Å². The first-order valence-corrected chi connectivity index (χ1v) is 10.3. The van der Waals surface area contributed by atoms with Crippen LogP contribution in [0.15, 0.2) is 45.2 Å². The number of thiazole rings is 1. The molecule has 0 aromatic carbocycles. The van der Waals surface area contributed by atoms with Crippen molar-refractivity contribution in [2.45, 2.75) is 28.0 Å². The van der Waals surface area contributed by atoms with Crippen molar-refractivity contribution in [3.8, 4) is 11.5 Å². The molecule has 4 aromatic heterocycles. The molecule has 4 aromatic rings. The minimum Gasteiger partial charge on any atom is -0.301 e. The summed E-state index contributed by atoms with van der Waals surface area (Å²) in [4.78, 5) is 17.5. The van der Waals surface area contributed by atoms with Gasteiger partial charge >= 0.3 is 0 Å². The zero-order chi connectivity index (χ0) is 17.2. The van der Waals surface area contributed by atoms with Crippen molar-refractivity contribution in [2.24, 2.45) is 0 Å². The molecule has 126 valence electrons. The van der Waals surface area contributed by atoms with Gasteiger partial charge < -0.3 is 4.57 Å². The number of rotatable bonds is 5. The lowest BCUT2D eigenvalue weighted by Gasteiger charge is -2.06. The minimum absolute atomic E-state index is 0.722. The van der Waals surface area contributed by atoms with Crippen LogP contribution in [0.5, 0.6) is 0 Å². The molecule has 10 heteroatoms. The smallest absolute Gasteiger partial charge is 0.197 e. The summed E-state index contributed by atoms with van der Waals surface area (Å²) in [5.74, 6) is 0.755. The summed E-state index contributed by atoms with van der Waals surface area (Å²) in [6.07, 6.45) is 5.30. The lowest BCUT2D eigenvalue weighted by atomic mass is 10.3. The lowest BCUT2D eigenvalue weighted by Crippen LogP contribution is -2.00. The second-order valence-electron chi connectivity index (χ2n) is 4.88. The fourth-order valence-electron chi connectivity index (χ4n) is 2.29. The highest BCUT2D eigenvalue weighted by molar-refractivity contribution is 8.00. The van der Waals surface area contributed by atoms with Crippen LogP contribution in [-0.4, -0.2) is 41.0 Å². The number of nitrogens with zero attached hydrogens (tertiary/aromatic N) is 7. The lowest BCUT2D eigenvalue weighted by molar-refractivity contribution is 0.685. The average molecular weight is 388 g/mol. The van der Waals surface area contributed by atoms with Gasteiger partial charge in [0.05, 0.1) is 0 Å². The molecule has 0 atom stereocenters. The van der Waals surface area contributed by atoms with Crippen LogP contribution >= 0.6 is 34.9 Å². The third kappa shape index (κ3) is 3.12. The summed E-state index contributed by atoms with van der Waals surface area (Å²) >= 11 is 4.68. The molecule has 0 amide bonds. The summed E-state index contributed by atoms with van der Waals surface area (Å²) in [6, 6.07) is 5.76. The van der Waals surface area contributed by atoms with Crippen LogP contribution in [0.2, 0.25) is 0 Å². The van der Waals surface area contributed by atoms with E-state index in [9.17, 15) is 0 Å². The van der Waals surface area contributed by atoms with Crippen LogP contribution in [0.25, 0.3) is 21.9 Å². The maximum Gasteiger partial charge on any atom is 0.197 e. The van der Waals surface area contributed by atoms with Crippen LogP contribution in [-0.2, 0) is 6.54 Å². The number of hydrogen-bond donors (Lipinski definition) is 0. The monoisotopic (exact) mass is 387 g/mol. The molecule has 0 spiro atoms. The topological polar surface area (TPSA) is 82.3 Å². The molecule has 0 saturated carbocycles. The quantitative estimate of drug-likeness (QED) is 0.379. The van der Waals surface area contributed by atoms with Crippen LogP contribution < -0.4 is 0 Å². The Morgan fingerprint density at radius 3 is 2.84 bits per heavy atom. The van der Waals surface area contributed by atoms with E-state index in [1.807, 2.05) is 29.0 Å². The molecule has 0 radical (unpaired) electrons. The molecule has 0 aliphatic rings. The molecule has 0 saturated heterocycles. The van der Waals surface area contributed by atoms with E-state index in [0.717, 1.165) is 42.9 Å². The third-order valence-corrected chi connectivity index (χ3v) is 6.58. The summed E-state index contributed by atoms with van der Waals surface area (Å²) < 4.78 is 3.99. The molecule has 4 rings (SSSR count). The normalized spacial score (nSPS) is 11.3. The van der Waals surface area contributed by atoms with E-state index in [0.29, 0.717) is 0 Å². The molecule has 0 aliphatic carbocycles. The van der Waals surface area contributed by atoms with Crippen LogP contribution in [0.3, 0.4) is 0 Å². The van der Waals surface area contributed by atoms with Gasteiger partial charge in [-0.15, -0.1) is 21.5 Å². The van der Waals surface area contributed by atoms with E-state index >= 15 is 0 Å². The first-order chi connectivity index (χ1) is 12.3. The highest BCUT2D eigenvalue weighted by Crippen LogP contribution is 2.36. The Hall–Kier alpha value is -2.04. The highest BCUT2D eigenvalue weighted by Gasteiger charge is 2.18. The van der Waals surface area contributed by atoms with Crippen molar-refractivity contribution in [2.75, 3.05) is 6.26 Å². The van der Waals surface area contributed by atoms with Gasteiger partial charge in [-0.2, -0.15) is 0 Å². The second-order valence-corrected chi connectivity index (χ2v) is 7.89. The molecule has 0 fully saturated rings. The molecule has 0 N–H and O–H groups in total. The SMILES string of the molecule is CCn1c(Sc2ncnc3nc(SC)sc23)nnc1-c1ccccn1. The summed E-state index contributed by atoms with van der Waals surface area (Å²) in [5, 5.41) is 10.3. The standard InChI is InChI=1S/C15H13N7S3/c1-3-22-12(9-6-4-5-7-16-9)20-21-14(22)25-13-10-11(17-8-18-13)19-15(23-2)24-10/h4-8H,3H2,1-2H3. The van der Waals surface area contributed by atoms with E-state index < -0.39 is 0 Å². The maximum atomic E-state index is 4.49. The van der Waals surface area contributed by atoms with Gasteiger partial charge in [0.15, 0.2) is 21.0 Å². The summed E-state index contributed by atoms with van der Waals surface area (Å²) in [6.45, 7) is 2.81. The molecule has 4 heterocycles. The Morgan fingerprint density at radius 2 is 2.08 bits per heavy atom. The van der Waals surface area contributed by atoms with E-state index in [1.54, 1.807) is 35.6 Å². The predicted octanol–water partition coefficient (Wildman–Crippen LogP) is 3.63. The van der Waals surface area contributed by atoms with Crippen molar-refractivity contribution in [3.63, 3.8) is 0 Å². The Balaban J connectivity index is 1.75. The van der Waals surface area contributed by atoms with Crippen molar-refractivity contribution in [1.29, 1.82) is 0 Å². The number of thioether (sulfide) groups is 1. The zero-order valence-electron chi connectivity index (χ0n) is 13.4. The van der Waals surface area contributed by atoms with Crippen LogP contribution in [0.4, 0.5) is 0 Å². The van der Waals surface area contributed by atoms with Gasteiger partial charge in [0.1, 0.15) is 21.7 Å². The third-order valence-electron chi connectivity index (χ3n) is 3.43. The van der Waals surface area contributed by atoms with E-state index in [4.69, 9.17) is 0 Å². The Labute approximate surface area is 156 Å². The first kappa shape index (κ1) is 16.4. The molecular formula is C15H13N7S3. The van der Waals surface area contributed by atoms with E-state index in [1.165, 1.54) is 11.8 Å². The van der Waals surface area contributed by atoms with Crippen LogP contribution in [0, 0.1) is 0 Å². The van der Waals surface area contributed by atoms with Gasteiger partial charge in [0, 0.05) is 12.7 Å². The molecule has 0 aliphatic heterocycles. The first-order valence-electron chi connectivity index (χ1n) is 7.48. The average Bonchev–Trinajstić information content (AvgIpc) is 3.26. The molecule has 25 heavy (non-hydrogen) atoms. The van der Waals surface area contributed by atoms with Gasteiger partial charge in [-0.3, -0.25) is 4.98 Å². The van der Waals surface area contributed by atoms with Crippen molar-refractivity contribution >= 4 is 45.2 Å². The molecular weight excluding hydrogens is 374 g/mol. The Kier molecular flexibility index (Phi) is 4.64. The van der Waals surface area contributed by atoms with Gasteiger partial charge in [-0.1, -0.05) is 17.8 Å². The fraction of sp³-hybridized carbons (Fsp3) is 0.200. The summed E-state index contributed by atoms with van der Waals surface area (Å²) in [7, 11) is 0. The number of pyridine rings is 1. The number of aromatic nitrogens is 7. The fourth-order valence-corrected chi connectivity index (χ4v) is 4.81. The van der Waals surface area contributed by atoms with Gasteiger partial charge in [0.25, 0.3) is 0 Å². The zero-order valence-corrected chi connectivity index (χ0v) is 15.9. The Bertz CT molecular complexity index is 1010. The predicted molar refractivity (Wildman–Crippen MR) is 100 cm³/mol. The van der Waals surface area contributed by atoms with Gasteiger partial charge in [-0.05, 0) is 37.1 Å². The van der Waals surface area contributed by atoms with Crippen molar-refractivity contribution < 1.29 is 0 Å². The number of fused-ring (bicyclic) bond motifs is 1. The Morgan fingerprint density at radius 1 is 1.16 bits per heavy atom. The van der Waals surface area contributed by atoms with E-state index in [-0.39, 0.29) is 0 Å². The van der Waals surface area contributed by atoms with Crippen LogP contribution in [0.1, 0.15) is 6.92 Å². The molecule has 0 unspecified atom stereocenters. The number of hydrogen-bond acceptors (Lipinski definition) is 9. The highest BCUT2D eigenvalue weighted by atomic mass is 32.2. The minimum atomic E-state index is 0.722. The summed E-state index contributed by atoms with van der Waals surface area (Å²) in [5.41, 5.74) is 1.53.